The molecule has 1 aliphatic heterocycles. The largest absolute Gasteiger partial charge is 0.350 e. The number of rotatable bonds is 8. The van der Waals surface area contributed by atoms with E-state index in [-0.39, 0.29) is 31.6 Å². The second-order valence-corrected chi connectivity index (χ2v) is 12.6. The van der Waals surface area contributed by atoms with Crippen LogP contribution < -0.4 is 10.0 Å². The van der Waals surface area contributed by atoms with Gasteiger partial charge in [-0.15, -0.1) is 0 Å². The van der Waals surface area contributed by atoms with Gasteiger partial charge in [0.2, 0.25) is 0 Å². The van der Waals surface area contributed by atoms with Crippen LogP contribution >= 0.6 is 50.9 Å². The normalized spacial score (nSPS) is 14.1. The third-order valence-electron chi connectivity index (χ3n) is 5.23. The number of benzene rings is 3. The summed E-state index contributed by atoms with van der Waals surface area (Å²) in [5.41, 5.74) is 1.14. The topological polar surface area (TPSA) is 95.6 Å². The van der Waals surface area contributed by atoms with Crippen molar-refractivity contribution in [2.75, 3.05) is 10.0 Å². The summed E-state index contributed by atoms with van der Waals surface area (Å²) in [6.45, 7) is 3.54. The first kappa shape index (κ1) is 27.5. The van der Waals surface area contributed by atoms with Gasteiger partial charge in [0.1, 0.15) is 15.5 Å². The van der Waals surface area contributed by atoms with E-state index < -0.39 is 21.8 Å². The van der Waals surface area contributed by atoms with Crippen LogP contribution in [0.3, 0.4) is 0 Å². The minimum absolute atomic E-state index is 0.0688. The molecule has 0 radical (unpaired) electrons. The third-order valence-corrected chi connectivity index (χ3v) is 9.21. The predicted molar refractivity (Wildman–Crippen MR) is 151 cm³/mol. The fraction of sp³-hybridized carbons (Fsp3) is 0.120. The van der Waals surface area contributed by atoms with Crippen LogP contribution in [0.2, 0.25) is 10.0 Å². The highest BCUT2D eigenvalue weighted by Crippen LogP contribution is 2.37. The molecule has 1 aliphatic rings. The van der Waals surface area contributed by atoms with Crippen molar-refractivity contribution in [2.45, 2.75) is 29.7 Å². The lowest BCUT2D eigenvalue weighted by atomic mass is 10.3. The van der Waals surface area contributed by atoms with E-state index >= 15 is 0 Å². The molecular weight excluding hydrogens is 621 g/mol. The van der Waals surface area contributed by atoms with Gasteiger partial charge in [-0.3, -0.25) is 19.2 Å². The lowest BCUT2D eigenvalue weighted by Gasteiger charge is -2.19. The van der Waals surface area contributed by atoms with Crippen molar-refractivity contribution >= 4 is 84.1 Å². The summed E-state index contributed by atoms with van der Waals surface area (Å²) in [6, 6.07) is 17.7. The molecular formula is C25H20BrCl2N3O4S2. The molecule has 0 spiro atoms. The number of thioether (sulfide) groups is 1. The number of halogens is 3. The Bertz CT molecular complexity index is 1510. The molecule has 0 atom stereocenters. The van der Waals surface area contributed by atoms with Crippen molar-refractivity contribution in [1.29, 1.82) is 0 Å². The monoisotopic (exact) mass is 639 g/mol. The first-order chi connectivity index (χ1) is 17.5. The number of sulfonamides is 1. The number of nitrogens with one attached hydrogen (secondary N) is 2. The molecule has 12 heteroatoms. The molecule has 0 saturated carbocycles. The number of imide groups is 1. The van der Waals surface area contributed by atoms with E-state index in [1.54, 1.807) is 50.2 Å². The summed E-state index contributed by atoms with van der Waals surface area (Å²) in [6.07, 6.45) is 0. The molecule has 2 amide bonds. The molecule has 0 unspecified atom stereocenters. The number of amides is 2. The Morgan fingerprint density at radius 3 is 2.14 bits per heavy atom. The van der Waals surface area contributed by atoms with Crippen LogP contribution in [0.4, 0.5) is 11.4 Å². The van der Waals surface area contributed by atoms with E-state index in [2.05, 4.69) is 26.0 Å². The van der Waals surface area contributed by atoms with Crippen LogP contribution in [-0.4, -0.2) is 31.2 Å². The molecule has 3 aromatic rings. The summed E-state index contributed by atoms with van der Waals surface area (Å²) < 4.78 is 28.9. The van der Waals surface area contributed by atoms with Crippen molar-refractivity contribution in [3.05, 3.63) is 91.9 Å². The number of hydrogen-bond donors (Lipinski definition) is 2. The molecule has 192 valence electrons. The maximum Gasteiger partial charge on any atom is 0.278 e. The highest BCUT2D eigenvalue weighted by molar-refractivity contribution is 9.10. The minimum atomic E-state index is -3.98. The van der Waals surface area contributed by atoms with Gasteiger partial charge in [0.15, 0.2) is 0 Å². The molecule has 2 N–H and O–H groups in total. The maximum absolute atomic E-state index is 13.2. The second-order valence-electron chi connectivity index (χ2n) is 8.19. The number of anilines is 2. The van der Waals surface area contributed by atoms with Crippen molar-refractivity contribution in [3.8, 4) is 0 Å². The Kier molecular flexibility index (Phi) is 8.25. The van der Waals surface area contributed by atoms with Gasteiger partial charge in [0, 0.05) is 26.8 Å². The SMILES string of the molecule is CC(C)N1C(=O)C(Nc2ccc(Br)cc2)=C(Sc2ccc(NS(=O)(=O)c3cccc(Cl)c3Cl)cc2)C1=O. The third kappa shape index (κ3) is 5.99. The predicted octanol–water partition coefficient (Wildman–Crippen LogP) is 6.75. The zero-order valence-corrected chi connectivity index (χ0v) is 24.2. The quantitative estimate of drug-likeness (QED) is 0.265. The fourth-order valence-electron chi connectivity index (χ4n) is 3.49. The van der Waals surface area contributed by atoms with Crippen molar-refractivity contribution in [3.63, 3.8) is 0 Å². The van der Waals surface area contributed by atoms with E-state index in [9.17, 15) is 18.0 Å². The van der Waals surface area contributed by atoms with Gasteiger partial charge in [-0.2, -0.15) is 0 Å². The van der Waals surface area contributed by atoms with Crippen LogP contribution in [0.1, 0.15) is 13.8 Å². The fourth-order valence-corrected chi connectivity index (χ4v) is 6.51. The summed E-state index contributed by atoms with van der Waals surface area (Å²) >= 11 is 16.5. The molecule has 0 bridgehead atoms. The van der Waals surface area contributed by atoms with Gasteiger partial charge in [-0.05, 0) is 74.5 Å². The van der Waals surface area contributed by atoms with Crippen molar-refractivity contribution in [1.82, 2.24) is 4.90 Å². The zero-order chi connectivity index (χ0) is 26.9. The molecule has 3 aromatic carbocycles. The Morgan fingerprint density at radius 1 is 0.892 bits per heavy atom. The molecule has 7 nitrogen and oxygen atoms in total. The molecule has 0 aliphatic carbocycles. The van der Waals surface area contributed by atoms with E-state index in [0.29, 0.717) is 16.3 Å². The number of carbonyl (C=O) groups is 2. The highest BCUT2D eigenvalue weighted by Gasteiger charge is 2.40. The Morgan fingerprint density at radius 2 is 1.51 bits per heavy atom. The standard InChI is InChI=1S/C25H20BrCl2N3O4S2/c1-14(2)31-24(32)22(29-16-8-6-15(26)7-9-16)23(25(31)33)36-18-12-10-17(11-13-18)30-37(34,35)20-5-3-4-19(27)21(20)28/h3-14,29-30H,1-2H3. The average Bonchev–Trinajstić information content (AvgIpc) is 3.07. The first-order valence-electron chi connectivity index (χ1n) is 10.9. The Labute approximate surface area is 237 Å². The average molecular weight is 641 g/mol. The lowest BCUT2D eigenvalue weighted by Crippen LogP contribution is -2.38. The molecule has 0 fully saturated rings. The zero-order valence-electron chi connectivity index (χ0n) is 19.5. The van der Waals surface area contributed by atoms with E-state index in [1.807, 2.05) is 12.1 Å². The molecule has 0 saturated heterocycles. The van der Waals surface area contributed by atoms with Crippen molar-refractivity contribution in [2.24, 2.45) is 0 Å². The maximum atomic E-state index is 13.2. The van der Waals surface area contributed by atoms with E-state index in [0.717, 1.165) is 16.2 Å². The van der Waals surface area contributed by atoms with E-state index in [1.165, 1.54) is 23.1 Å². The summed E-state index contributed by atoms with van der Waals surface area (Å²) in [7, 11) is -3.98. The van der Waals surface area contributed by atoms with Crippen LogP contribution in [0.15, 0.2) is 91.6 Å². The van der Waals surface area contributed by atoms with Gasteiger partial charge >= 0.3 is 0 Å². The van der Waals surface area contributed by atoms with Crippen molar-refractivity contribution < 1.29 is 18.0 Å². The van der Waals surface area contributed by atoms with Gasteiger partial charge < -0.3 is 5.32 Å². The second kappa shape index (κ2) is 11.1. The van der Waals surface area contributed by atoms with Crippen LogP contribution in [-0.2, 0) is 19.6 Å². The summed E-state index contributed by atoms with van der Waals surface area (Å²) in [5, 5.41) is 3.14. The summed E-state index contributed by atoms with van der Waals surface area (Å²) in [5.74, 6) is -0.807. The Balaban J connectivity index is 1.59. The van der Waals surface area contributed by atoms with Gasteiger partial charge in [0.05, 0.1) is 10.0 Å². The summed E-state index contributed by atoms with van der Waals surface area (Å²) in [4.78, 5) is 28.2. The van der Waals surface area contributed by atoms with Gasteiger partial charge in [-0.25, -0.2) is 8.42 Å². The first-order valence-corrected chi connectivity index (χ1v) is 14.7. The Hall–Kier alpha value is -2.50. The highest BCUT2D eigenvalue weighted by atomic mass is 79.9. The number of carbonyl (C=O) groups excluding carboxylic acids is 2. The van der Waals surface area contributed by atoms with Gasteiger partial charge in [0.25, 0.3) is 21.8 Å². The smallest absolute Gasteiger partial charge is 0.278 e. The molecule has 0 aromatic heterocycles. The van der Waals surface area contributed by atoms with Crippen LogP contribution in [0.5, 0.6) is 0 Å². The minimum Gasteiger partial charge on any atom is -0.350 e. The van der Waals surface area contributed by atoms with Gasteiger partial charge in [-0.1, -0.05) is 57.0 Å². The number of hydrogen-bond acceptors (Lipinski definition) is 6. The van der Waals surface area contributed by atoms with Crippen LogP contribution in [0, 0.1) is 0 Å². The number of nitrogens with zero attached hydrogens (tertiary/aromatic N) is 1. The lowest BCUT2D eigenvalue weighted by molar-refractivity contribution is -0.139. The molecule has 4 rings (SSSR count). The van der Waals surface area contributed by atoms with E-state index in [4.69, 9.17) is 23.2 Å². The molecule has 37 heavy (non-hydrogen) atoms. The molecule has 1 heterocycles. The van der Waals surface area contributed by atoms with Crippen LogP contribution in [0.25, 0.3) is 0 Å².